The summed E-state index contributed by atoms with van der Waals surface area (Å²) in [6.07, 6.45) is 6.96. The number of carbonyl (C=O) groups is 2. The fourth-order valence-electron chi connectivity index (χ4n) is 4.74. The van der Waals surface area contributed by atoms with Crippen LogP contribution in [0.25, 0.3) is 0 Å². The number of nitrogens with one attached hydrogen (secondary N) is 1. The summed E-state index contributed by atoms with van der Waals surface area (Å²) >= 11 is 0. The second kappa shape index (κ2) is 8.40. The molecule has 0 saturated heterocycles. The van der Waals surface area contributed by atoms with Gasteiger partial charge in [0.1, 0.15) is 5.54 Å². The third-order valence-electron chi connectivity index (χ3n) is 6.52. The Bertz CT molecular complexity index is 873. The predicted molar refractivity (Wildman–Crippen MR) is 115 cm³/mol. The Morgan fingerprint density at radius 2 is 1.72 bits per heavy atom. The molecule has 152 valence electrons. The van der Waals surface area contributed by atoms with E-state index in [2.05, 4.69) is 17.4 Å². The Morgan fingerprint density at radius 3 is 2.48 bits per heavy atom. The zero-order valence-electron chi connectivity index (χ0n) is 17.2. The highest BCUT2D eigenvalue weighted by Crippen LogP contribution is 2.32. The zero-order valence-corrected chi connectivity index (χ0v) is 17.2. The monoisotopic (exact) mass is 390 g/mol. The number of carbonyl (C=O) groups excluding carboxylic acids is 2. The van der Waals surface area contributed by atoms with Gasteiger partial charge < -0.3 is 10.2 Å². The number of nitrogens with zero attached hydrogens (tertiary/aromatic N) is 1. The van der Waals surface area contributed by atoms with Crippen molar-refractivity contribution in [1.29, 1.82) is 0 Å². The summed E-state index contributed by atoms with van der Waals surface area (Å²) in [6.45, 7) is 2.47. The third-order valence-corrected chi connectivity index (χ3v) is 6.52. The van der Waals surface area contributed by atoms with Crippen LogP contribution >= 0.6 is 0 Å². The molecule has 0 radical (unpaired) electrons. The van der Waals surface area contributed by atoms with Gasteiger partial charge in [-0.15, -0.1) is 0 Å². The fraction of sp³-hybridized carbons (Fsp3) is 0.440. The Hall–Kier alpha value is -2.62. The van der Waals surface area contributed by atoms with Crippen LogP contribution in [0.15, 0.2) is 54.6 Å². The molecule has 1 heterocycles. The molecule has 29 heavy (non-hydrogen) atoms. The highest BCUT2D eigenvalue weighted by atomic mass is 16.2. The molecular formula is C25H30N2O2. The first kappa shape index (κ1) is 19.7. The van der Waals surface area contributed by atoms with Crippen molar-refractivity contribution in [2.45, 2.75) is 63.5 Å². The molecule has 1 fully saturated rings. The molecule has 0 aromatic heterocycles. The summed E-state index contributed by atoms with van der Waals surface area (Å²) < 4.78 is 0. The molecule has 2 aliphatic rings. The van der Waals surface area contributed by atoms with Crippen LogP contribution in [0.5, 0.6) is 0 Å². The Labute approximate surface area is 173 Å². The second-order valence-corrected chi connectivity index (χ2v) is 8.61. The molecular weight excluding hydrogens is 360 g/mol. The zero-order chi connectivity index (χ0) is 20.3. The maximum absolute atomic E-state index is 13.5. The highest BCUT2D eigenvalue weighted by molar-refractivity contribution is 6.02. The summed E-state index contributed by atoms with van der Waals surface area (Å²) in [5.74, 6) is -0.0515. The summed E-state index contributed by atoms with van der Waals surface area (Å²) in [5.41, 5.74) is 2.00. The van der Waals surface area contributed by atoms with Crippen molar-refractivity contribution < 1.29 is 9.59 Å². The van der Waals surface area contributed by atoms with Crippen LogP contribution < -0.4 is 5.32 Å². The van der Waals surface area contributed by atoms with Crippen molar-refractivity contribution in [3.63, 3.8) is 0 Å². The van der Waals surface area contributed by atoms with Crippen molar-refractivity contribution in [3.05, 3.63) is 71.3 Å². The Balaban J connectivity index is 1.60. The summed E-state index contributed by atoms with van der Waals surface area (Å²) in [7, 11) is 0. The molecule has 4 rings (SSSR count). The van der Waals surface area contributed by atoms with Crippen LogP contribution in [0.4, 0.5) is 0 Å². The average molecular weight is 391 g/mol. The quantitative estimate of drug-likeness (QED) is 0.834. The Kier molecular flexibility index (Phi) is 5.70. The molecule has 1 aliphatic carbocycles. The number of benzene rings is 2. The van der Waals surface area contributed by atoms with Gasteiger partial charge in [-0.2, -0.15) is 0 Å². The molecule has 2 amide bonds. The molecule has 2 aromatic carbocycles. The first-order valence-electron chi connectivity index (χ1n) is 10.8. The molecule has 1 saturated carbocycles. The van der Waals surface area contributed by atoms with Gasteiger partial charge in [0.05, 0.1) is 0 Å². The van der Waals surface area contributed by atoms with E-state index in [1.165, 1.54) is 24.8 Å². The van der Waals surface area contributed by atoms with Gasteiger partial charge in [-0.1, -0.05) is 67.8 Å². The summed E-state index contributed by atoms with van der Waals surface area (Å²) in [6, 6.07) is 18.1. The molecule has 1 aliphatic heterocycles. The van der Waals surface area contributed by atoms with Gasteiger partial charge in [0.25, 0.3) is 5.91 Å². The summed E-state index contributed by atoms with van der Waals surface area (Å²) in [4.78, 5) is 28.7. The van der Waals surface area contributed by atoms with Crippen LogP contribution in [0, 0.1) is 0 Å². The highest BCUT2D eigenvalue weighted by Gasteiger charge is 2.46. The number of rotatable bonds is 5. The predicted octanol–water partition coefficient (Wildman–Crippen LogP) is 4.14. The first-order chi connectivity index (χ1) is 14.1. The minimum atomic E-state index is -0.863. The first-order valence-corrected chi connectivity index (χ1v) is 10.8. The van der Waals surface area contributed by atoms with Crippen molar-refractivity contribution >= 4 is 11.8 Å². The van der Waals surface area contributed by atoms with Crippen LogP contribution in [0.3, 0.4) is 0 Å². The van der Waals surface area contributed by atoms with Gasteiger partial charge in [-0.05, 0) is 43.4 Å². The van der Waals surface area contributed by atoms with Crippen molar-refractivity contribution in [2.24, 2.45) is 0 Å². The van der Waals surface area contributed by atoms with E-state index in [1.54, 1.807) is 4.90 Å². The van der Waals surface area contributed by atoms with Crippen molar-refractivity contribution in [1.82, 2.24) is 10.2 Å². The van der Waals surface area contributed by atoms with E-state index in [0.29, 0.717) is 13.0 Å². The van der Waals surface area contributed by atoms with Crippen molar-refractivity contribution in [3.8, 4) is 0 Å². The van der Waals surface area contributed by atoms with Gasteiger partial charge in [0.15, 0.2) is 0 Å². The lowest BCUT2D eigenvalue weighted by Gasteiger charge is -2.45. The van der Waals surface area contributed by atoms with E-state index < -0.39 is 5.54 Å². The minimum absolute atomic E-state index is 0.0136. The molecule has 4 nitrogen and oxygen atoms in total. The van der Waals surface area contributed by atoms with Gasteiger partial charge >= 0.3 is 0 Å². The minimum Gasteiger partial charge on any atom is -0.351 e. The van der Waals surface area contributed by atoms with E-state index >= 15 is 0 Å². The van der Waals surface area contributed by atoms with Crippen LogP contribution in [0.1, 0.15) is 60.5 Å². The van der Waals surface area contributed by atoms with E-state index in [-0.39, 0.29) is 17.9 Å². The molecule has 2 aromatic rings. The van der Waals surface area contributed by atoms with Gasteiger partial charge in [0.2, 0.25) is 5.91 Å². The molecule has 0 spiro atoms. The molecule has 1 N–H and O–H groups in total. The van der Waals surface area contributed by atoms with Crippen LogP contribution in [-0.4, -0.2) is 34.8 Å². The maximum atomic E-state index is 13.5. The van der Waals surface area contributed by atoms with Gasteiger partial charge in [-0.3, -0.25) is 9.59 Å². The Morgan fingerprint density at radius 1 is 1.03 bits per heavy atom. The summed E-state index contributed by atoms with van der Waals surface area (Å²) in [5, 5.41) is 3.28. The van der Waals surface area contributed by atoms with Gasteiger partial charge in [0, 0.05) is 24.6 Å². The maximum Gasteiger partial charge on any atom is 0.255 e. The molecule has 0 unspecified atom stereocenters. The number of hydrogen-bond acceptors (Lipinski definition) is 2. The molecule has 4 heteroatoms. The molecule has 0 bridgehead atoms. The second-order valence-electron chi connectivity index (χ2n) is 8.61. The van der Waals surface area contributed by atoms with E-state index in [0.717, 1.165) is 30.4 Å². The standard InChI is InChI=1S/C25H30N2O2/c1-25(24(29)26-21-13-6-3-7-14-21)18-20-12-8-9-15-22(20)23(28)27(25)17-16-19-10-4-2-5-11-19/h2,4-5,8-12,15,21H,3,6-7,13-14,16-18H2,1H3,(H,26,29)/t25-/m1/s1. The largest absolute Gasteiger partial charge is 0.351 e. The molecule has 1 atom stereocenters. The lowest BCUT2D eigenvalue weighted by Crippen LogP contribution is -2.64. The average Bonchev–Trinajstić information content (AvgIpc) is 2.75. The normalized spacial score (nSPS) is 22.2. The van der Waals surface area contributed by atoms with Crippen LogP contribution in [-0.2, 0) is 17.6 Å². The third kappa shape index (κ3) is 4.07. The number of amides is 2. The smallest absolute Gasteiger partial charge is 0.255 e. The van der Waals surface area contributed by atoms with E-state index in [9.17, 15) is 9.59 Å². The van der Waals surface area contributed by atoms with E-state index in [4.69, 9.17) is 0 Å². The van der Waals surface area contributed by atoms with Crippen LogP contribution in [0.2, 0.25) is 0 Å². The van der Waals surface area contributed by atoms with Crippen molar-refractivity contribution in [2.75, 3.05) is 6.54 Å². The lowest BCUT2D eigenvalue weighted by molar-refractivity contribution is -0.132. The number of hydrogen-bond donors (Lipinski definition) is 1. The lowest BCUT2D eigenvalue weighted by atomic mass is 9.82. The van der Waals surface area contributed by atoms with Gasteiger partial charge in [-0.25, -0.2) is 0 Å². The topological polar surface area (TPSA) is 49.4 Å². The van der Waals surface area contributed by atoms with E-state index in [1.807, 2.05) is 49.4 Å². The SMILES string of the molecule is C[C@]1(C(=O)NC2CCCCC2)Cc2ccccc2C(=O)N1CCc1ccccc1. The number of fused-ring (bicyclic) bond motifs is 1. The fourth-order valence-corrected chi connectivity index (χ4v) is 4.74.